The zero-order valence-electron chi connectivity index (χ0n) is 10.9. The minimum absolute atomic E-state index is 0.00419. The van der Waals surface area contributed by atoms with Gasteiger partial charge < -0.3 is 5.11 Å². The van der Waals surface area contributed by atoms with E-state index in [1.807, 2.05) is 12.1 Å². The summed E-state index contributed by atoms with van der Waals surface area (Å²) in [6, 6.07) is 11.8. The molecule has 0 heterocycles. The Morgan fingerprint density at radius 3 is 2.33 bits per heavy atom. The molecular formula is C16H17FO. The van der Waals surface area contributed by atoms with Crippen LogP contribution in [0.3, 0.4) is 0 Å². The van der Waals surface area contributed by atoms with Crippen LogP contribution >= 0.6 is 0 Å². The Balaban J connectivity index is 2.57. The van der Waals surface area contributed by atoms with Gasteiger partial charge in [-0.1, -0.05) is 39.0 Å². The zero-order valence-corrected chi connectivity index (χ0v) is 10.9. The summed E-state index contributed by atoms with van der Waals surface area (Å²) in [5, 5.41) is 9.92. The molecule has 0 unspecified atom stereocenters. The fourth-order valence-electron chi connectivity index (χ4n) is 1.89. The highest BCUT2D eigenvalue weighted by atomic mass is 19.1. The third-order valence-electron chi connectivity index (χ3n) is 3.00. The summed E-state index contributed by atoms with van der Waals surface area (Å²) in [5.41, 5.74) is 2.47. The van der Waals surface area contributed by atoms with E-state index in [9.17, 15) is 9.50 Å². The molecule has 0 aromatic heterocycles. The van der Waals surface area contributed by atoms with Gasteiger partial charge in [-0.2, -0.15) is 0 Å². The predicted octanol–water partition coefficient (Wildman–Crippen LogP) is 4.50. The molecule has 0 saturated heterocycles. The van der Waals surface area contributed by atoms with Gasteiger partial charge in [0.2, 0.25) is 0 Å². The summed E-state index contributed by atoms with van der Waals surface area (Å²) in [6.07, 6.45) is 0. The van der Waals surface area contributed by atoms with Crippen LogP contribution in [0.15, 0.2) is 42.5 Å². The first-order chi connectivity index (χ1) is 8.38. The molecule has 2 aromatic carbocycles. The molecule has 1 nitrogen and oxygen atoms in total. The highest BCUT2D eigenvalue weighted by Gasteiger charge is 2.16. The van der Waals surface area contributed by atoms with Gasteiger partial charge in [-0.25, -0.2) is 4.39 Å². The van der Waals surface area contributed by atoms with Crippen molar-refractivity contribution in [2.45, 2.75) is 26.2 Å². The van der Waals surface area contributed by atoms with E-state index in [4.69, 9.17) is 0 Å². The number of hydrogen-bond acceptors (Lipinski definition) is 1. The monoisotopic (exact) mass is 244 g/mol. The quantitative estimate of drug-likeness (QED) is 0.783. The Hall–Kier alpha value is -1.83. The summed E-state index contributed by atoms with van der Waals surface area (Å²) in [6.45, 7) is 6.32. The molecule has 0 amide bonds. The molecule has 0 aliphatic heterocycles. The van der Waals surface area contributed by atoms with Gasteiger partial charge in [-0.15, -0.1) is 0 Å². The summed E-state index contributed by atoms with van der Waals surface area (Å²) in [5.74, 6) is -0.123. The Morgan fingerprint density at radius 2 is 1.72 bits per heavy atom. The molecule has 1 N–H and O–H groups in total. The molecule has 0 spiro atoms. The fourth-order valence-corrected chi connectivity index (χ4v) is 1.89. The number of rotatable bonds is 1. The number of halogens is 1. The minimum atomic E-state index is -0.298. The normalized spacial score (nSPS) is 11.6. The maximum Gasteiger partial charge on any atom is 0.123 e. The van der Waals surface area contributed by atoms with E-state index in [2.05, 4.69) is 20.8 Å². The van der Waals surface area contributed by atoms with E-state index in [0.29, 0.717) is 11.1 Å². The van der Waals surface area contributed by atoms with E-state index >= 15 is 0 Å². The zero-order chi connectivity index (χ0) is 13.3. The lowest BCUT2D eigenvalue weighted by molar-refractivity contribution is 0.476. The SMILES string of the molecule is CC(C)(C)c1ccc(O)c(-c2cccc(F)c2)c1. The molecule has 0 bridgehead atoms. The second-order valence-corrected chi connectivity index (χ2v) is 5.49. The van der Waals surface area contributed by atoms with Gasteiger partial charge in [-0.05, 0) is 40.8 Å². The smallest absolute Gasteiger partial charge is 0.123 e. The Kier molecular flexibility index (Phi) is 3.12. The molecule has 0 radical (unpaired) electrons. The van der Waals surface area contributed by atoms with E-state index < -0.39 is 0 Å². The van der Waals surface area contributed by atoms with Crippen molar-refractivity contribution in [3.63, 3.8) is 0 Å². The first-order valence-corrected chi connectivity index (χ1v) is 5.97. The lowest BCUT2D eigenvalue weighted by Gasteiger charge is -2.20. The highest BCUT2D eigenvalue weighted by Crippen LogP contribution is 2.34. The molecule has 2 aromatic rings. The molecule has 18 heavy (non-hydrogen) atoms. The Bertz CT molecular complexity index is 568. The summed E-state index contributed by atoms with van der Waals surface area (Å²) in [4.78, 5) is 0. The largest absolute Gasteiger partial charge is 0.507 e. The first-order valence-electron chi connectivity index (χ1n) is 5.97. The third kappa shape index (κ3) is 2.53. The van der Waals surface area contributed by atoms with Crippen molar-refractivity contribution in [3.05, 3.63) is 53.8 Å². The van der Waals surface area contributed by atoms with Crippen molar-refractivity contribution in [2.75, 3.05) is 0 Å². The van der Waals surface area contributed by atoms with Crippen LogP contribution < -0.4 is 0 Å². The molecular weight excluding hydrogens is 227 g/mol. The van der Waals surface area contributed by atoms with Gasteiger partial charge in [0.15, 0.2) is 0 Å². The average molecular weight is 244 g/mol. The maximum absolute atomic E-state index is 13.2. The van der Waals surface area contributed by atoms with E-state index in [0.717, 1.165) is 5.56 Å². The van der Waals surface area contributed by atoms with Crippen molar-refractivity contribution in [2.24, 2.45) is 0 Å². The number of benzene rings is 2. The van der Waals surface area contributed by atoms with Crippen molar-refractivity contribution in [1.82, 2.24) is 0 Å². The van der Waals surface area contributed by atoms with Crippen molar-refractivity contribution >= 4 is 0 Å². The van der Waals surface area contributed by atoms with E-state index in [1.54, 1.807) is 18.2 Å². The van der Waals surface area contributed by atoms with Crippen LogP contribution in [-0.4, -0.2) is 5.11 Å². The lowest BCUT2D eigenvalue weighted by Crippen LogP contribution is -2.10. The van der Waals surface area contributed by atoms with Gasteiger partial charge >= 0.3 is 0 Å². The standard InChI is InChI=1S/C16H17FO/c1-16(2,3)12-7-8-15(18)14(10-12)11-5-4-6-13(17)9-11/h4-10,18H,1-3H3. The molecule has 0 fully saturated rings. The number of phenols is 1. The Labute approximate surface area is 107 Å². The first kappa shape index (κ1) is 12.6. The highest BCUT2D eigenvalue weighted by molar-refractivity contribution is 5.71. The summed E-state index contributed by atoms with van der Waals surface area (Å²) >= 11 is 0. The topological polar surface area (TPSA) is 20.2 Å². The van der Waals surface area contributed by atoms with Gasteiger partial charge in [0.25, 0.3) is 0 Å². The fraction of sp³-hybridized carbons (Fsp3) is 0.250. The summed E-state index contributed by atoms with van der Waals surface area (Å²) in [7, 11) is 0. The van der Waals surface area contributed by atoms with E-state index in [-0.39, 0.29) is 17.0 Å². The van der Waals surface area contributed by atoms with Crippen LogP contribution in [0.5, 0.6) is 5.75 Å². The molecule has 0 atom stereocenters. The second kappa shape index (κ2) is 4.45. The number of aromatic hydroxyl groups is 1. The van der Waals surface area contributed by atoms with Crippen LogP contribution in [-0.2, 0) is 5.41 Å². The molecule has 2 rings (SSSR count). The van der Waals surface area contributed by atoms with Crippen LogP contribution in [0.4, 0.5) is 4.39 Å². The van der Waals surface area contributed by atoms with Crippen molar-refractivity contribution < 1.29 is 9.50 Å². The molecule has 0 aliphatic rings. The molecule has 2 heteroatoms. The van der Waals surface area contributed by atoms with Gasteiger partial charge in [0, 0.05) is 5.56 Å². The minimum Gasteiger partial charge on any atom is -0.507 e. The summed E-state index contributed by atoms with van der Waals surface area (Å²) < 4.78 is 13.2. The second-order valence-electron chi connectivity index (χ2n) is 5.49. The van der Waals surface area contributed by atoms with Gasteiger partial charge in [0.1, 0.15) is 11.6 Å². The third-order valence-corrected chi connectivity index (χ3v) is 3.00. The van der Waals surface area contributed by atoms with Crippen LogP contribution in [0.2, 0.25) is 0 Å². The molecule has 0 aliphatic carbocycles. The van der Waals surface area contributed by atoms with Crippen LogP contribution in [0.25, 0.3) is 11.1 Å². The van der Waals surface area contributed by atoms with Gasteiger partial charge in [0.05, 0.1) is 0 Å². The van der Waals surface area contributed by atoms with Crippen molar-refractivity contribution in [3.8, 4) is 16.9 Å². The average Bonchev–Trinajstić information content (AvgIpc) is 2.28. The Morgan fingerprint density at radius 1 is 1.00 bits per heavy atom. The van der Waals surface area contributed by atoms with Gasteiger partial charge in [-0.3, -0.25) is 0 Å². The predicted molar refractivity (Wildman–Crippen MR) is 72.2 cm³/mol. The maximum atomic E-state index is 13.2. The number of hydrogen-bond donors (Lipinski definition) is 1. The lowest BCUT2D eigenvalue weighted by atomic mass is 9.85. The molecule has 94 valence electrons. The number of phenolic OH excluding ortho intramolecular Hbond substituents is 1. The van der Waals surface area contributed by atoms with Crippen LogP contribution in [0.1, 0.15) is 26.3 Å². The van der Waals surface area contributed by atoms with Crippen molar-refractivity contribution in [1.29, 1.82) is 0 Å². The molecule has 0 saturated carbocycles. The van der Waals surface area contributed by atoms with E-state index in [1.165, 1.54) is 12.1 Å². The van der Waals surface area contributed by atoms with Crippen LogP contribution in [0, 0.1) is 5.82 Å².